The number of nitrogens with one attached hydrogen (secondary N) is 1. The molecule has 0 aliphatic carbocycles. The lowest BCUT2D eigenvalue weighted by Gasteiger charge is -2.13. The highest BCUT2D eigenvalue weighted by Gasteiger charge is 2.21. The molecular formula is C12H14FNO4. The van der Waals surface area contributed by atoms with Gasteiger partial charge in [-0.2, -0.15) is 0 Å². The Labute approximate surface area is 103 Å². The summed E-state index contributed by atoms with van der Waals surface area (Å²) >= 11 is 0. The van der Waals surface area contributed by atoms with Gasteiger partial charge in [0, 0.05) is 13.0 Å². The first-order valence-corrected chi connectivity index (χ1v) is 5.36. The van der Waals surface area contributed by atoms with Crippen molar-refractivity contribution in [2.24, 2.45) is 0 Å². The predicted molar refractivity (Wildman–Crippen MR) is 61.7 cm³/mol. The SMILES string of the molecule is Cc1ccc(C(=O)N[C@@H](CCO)C(=O)O)c(F)c1. The lowest BCUT2D eigenvalue weighted by Crippen LogP contribution is -2.41. The third kappa shape index (κ3) is 3.53. The summed E-state index contributed by atoms with van der Waals surface area (Å²) in [5.74, 6) is -2.79. The van der Waals surface area contributed by atoms with Crippen LogP contribution in [-0.4, -0.2) is 34.7 Å². The van der Waals surface area contributed by atoms with Crippen molar-refractivity contribution in [3.8, 4) is 0 Å². The minimum atomic E-state index is -1.27. The number of carboxylic acid groups (broad SMARTS) is 1. The average molecular weight is 255 g/mol. The quantitative estimate of drug-likeness (QED) is 0.722. The van der Waals surface area contributed by atoms with Crippen LogP contribution in [0.2, 0.25) is 0 Å². The van der Waals surface area contributed by atoms with Crippen molar-refractivity contribution in [2.75, 3.05) is 6.61 Å². The Hall–Kier alpha value is -1.95. The highest BCUT2D eigenvalue weighted by molar-refractivity contribution is 5.96. The number of aliphatic hydroxyl groups excluding tert-OH is 1. The summed E-state index contributed by atoms with van der Waals surface area (Å²) in [5, 5.41) is 19.6. The third-order valence-electron chi connectivity index (χ3n) is 2.39. The number of hydrogen-bond donors (Lipinski definition) is 3. The topological polar surface area (TPSA) is 86.6 Å². The van der Waals surface area contributed by atoms with Gasteiger partial charge in [0.25, 0.3) is 5.91 Å². The molecule has 0 heterocycles. The maximum Gasteiger partial charge on any atom is 0.326 e. The van der Waals surface area contributed by atoms with Crippen LogP contribution in [0.15, 0.2) is 18.2 Å². The highest BCUT2D eigenvalue weighted by Crippen LogP contribution is 2.10. The van der Waals surface area contributed by atoms with Crippen molar-refractivity contribution in [2.45, 2.75) is 19.4 Å². The van der Waals surface area contributed by atoms with Crippen LogP contribution in [0, 0.1) is 12.7 Å². The Morgan fingerprint density at radius 3 is 2.61 bits per heavy atom. The van der Waals surface area contributed by atoms with Crippen LogP contribution >= 0.6 is 0 Å². The fourth-order valence-electron chi connectivity index (χ4n) is 1.43. The van der Waals surface area contributed by atoms with E-state index in [1.165, 1.54) is 12.1 Å². The van der Waals surface area contributed by atoms with Crippen LogP contribution in [0.5, 0.6) is 0 Å². The summed E-state index contributed by atoms with van der Waals surface area (Å²) in [7, 11) is 0. The fraction of sp³-hybridized carbons (Fsp3) is 0.333. The van der Waals surface area contributed by atoms with Crippen LogP contribution in [0.4, 0.5) is 4.39 Å². The molecule has 0 unspecified atom stereocenters. The van der Waals surface area contributed by atoms with Crippen molar-refractivity contribution < 1.29 is 24.2 Å². The molecule has 0 aliphatic heterocycles. The Morgan fingerprint density at radius 2 is 2.11 bits per heavy atom. The van der Waals surface area contributed by atoms with Crippen molar-refractivity contribution in [1.82, 2.24) is 5.32 Å². The number of rotatable bonds is 5. The molecule has 1 rings (SSSR count). The van der Waals surface area contributed by atoms with Gasteiger partial charge in [-0.05, 0) is 24.6 Å². The normalized spacial score (nSPS) is 11.9. The summed E-state index contributed by atoms with van der Waals surface area (Å²) in [5.41, 5.74) is 0.444. The number of aryl methyl sites for hydroxylation is 1. The maximum absolute atomic E-state index is 13.5. The van der Waals surface area contributed by atoms with Gasteiger partial charge in [0.05, 0.1) is 5.56 Å². The molecule has 6 heteroatoms. The summed E-state index contributed by atoms with van der Waals surface area (Å²) in [6.45, 7) is 1.30. The molecule has 18 heavy (non-hydrogen) atoms. The zero-order valence-electron chi connectivity index (χ0n) is 9.81. The number of aliphatic carboxylic acids is 1. The molecule has 1 atom stereocenters. The number of amides is 1. The Kier molecular flexibility index (Phi) is 4.79. The summed E-state index contributed by atoms with van der Waals surface area (Å²) in [6.07, 6.45) is -0.130. The van der Waals surface area contributed by atoms with Crippen LogP contribution in [0.1, 0.15) is 22.3 Å². The van der Waals surface area contributed by atoms with E-state index in [0.29, 0.717) is 5.56 Å². The summed E-state index contributed by atoms with van der Waals surface area (Å²) < 4.78 is 13.5. The first kappa shape index (κ1) is 14.1. The predicted octanol–water partition coefficient (Wildman–Crippen LogP) is 0.700. The number of aliphatic hydroxyl groups is 1. The molecule has 0 bridgehead atoms. The molecule has 1 aromatic rings. The molecule has 5 nitrogen and oxygen atoms in total. The Bertz CT molecular complexity index is 461. The molecule has 1 aromatic carbocycles. The van der Waals surface area contributed by atoms with Crippen molar-refractivity contribution >= 4 is 11.9 Å². The second-order valence-electron chi connectivity index (χ2n) is 3.86. The fourth-order valence-corrected chi connectivity index (χ4v) is 1.43. The van der Waals surface area contributed by atoms with E-state index in [1.807, 2.05) is 0 Å². The largest absolute Gasteiger partial charge is 0.480 e. The van der Waals surface area contributed by atoms with Crippen LogP contribution in [0.3, 0.4) is 0 Å². The monoisotopic (exact) mass is 255 g/mol. The zero-order valence-corrected chi connectivity index (χ0v) is 9.81. The minimum Gasteiger partial charge on any atom is -0.480 e. The number of carboxylic acids is 1. The first-order valence-electron chi connectivity index (χ1n) is 5.36. The van der Waals surface area contributed by atoms with E-state index in [4.69, 9.17) is 10.2 Å². The first-order chi connectivity index (χ1) is 8.45. The van der Waals surface area contributed by atoms with E-state index >= 15 is 0 Å². The smallest absolute Gasteiger partial charge is 0.326 e. The Balaban J connectivity index is 2.83. The van der Waals surface area contributed by atoms with Crippen molar-refractivity contribution in [3.05, 3.63) is 35.1 Å². The molecule has 0 aromatic heterocycles. The number of hydrogen-bond acceptors (Lipinski definition) is 3. The van der Waals surface area contributed by atoms with Gasteiger partial charge in [-0.25, -0.2) is 9.18 Å². The molecular weight excluding hydrogens is 241 g/mol. The number of carbonyl (C=O) groups excluding carboxylic acids is 1. The molecule has 98 valence electrons. The van der Waals surface area contributed by atoms with E-state index in [1.54, 1.807) is 13.0 Å². The van der Waals surface area contributed by atoms with Gasteiger partial charge in [-0.15, -0.1) is 0 Å². The average Bonchev–Trinajstić information content (AvgIpc) is 2.27. The van der Waals surface area contributed by atoms with E-state index in [0.717, 1.165) is 0 Å². The molecule has 1 amide bonds. The lowest BCUT2D eigenvalue weighted by molar-refractivity contribution is -0.139. The van der Waals surface area contributed by atoms with Gasteiger partial charge in [0.1, 0.15) is 11.9 Å². The van der Waals surface area contributed by atoms with Gasteiger partial charge in [-0.3, -0.25) is 4.79 Å². The second-order valence-corrected chi connectivity index (χ2v) is 3.86. The van der Waals surface area contributed by atoms with Gasteiger partial charge < -0.3 is 15.5 Å². The van der Waals surface area contributed by atoms with E-state index in [2.05, 4.69) is 5.32 Å². The van der Waals surface area contributed by atoms with Gasteiger partial charge in [0.2, 0.25) is 0 Å². The molecule has 0 saturated heterocycles. The van der Waals surface area contributed by atoms with E-state index < -0.39 is 23.7 Å². The molecule has 0 saturated carbocycles. The van der Waals surface area contributed by atoms with E-state index in [9.17, 15) is 14.0 Å². The molecule has 0 fully saturated rings. The standard InChI is InChI=1S/C12H14FNO4/c1-7-2-3-8(9(13)6-7)11(16)14-10(4-5-15)12(17)18/h2-3,6,10,15H,4-5H2,1H3,(H,14,16)(H,17,18)/t10-/m0/s1. The lowest BCUT2D eigenvalue weighted by atomic mass is 10.1. The molecule has 3 N–H and O–H groups in total. The highest BCUT2D eigenvalue weighted by atomic mass is 19.1. The molecule has 0 spiro atoms. The second kappa shape index (κ2) is 6.11. The number of halogens is 1. The maximum atomic E-state index is 13.5. The molecule has 0 radical (unpaired) electrons. The van der Waals surface area contributed by atoms with Crippen LogP contribution in [-0.2, 0) is 4.79 Å². The Morgan fingerprint density at radius 1 is 1.44 bits per heavy atom. The third-order valence-corrected chi connectivity index (χ3v) is 2.39. The van der Waals surface area contributed by atoms with Crippen LogP contribution in [0.25, 0.3) is 0 Å². The summed E-state index contributed by atoms with van der Waals surface area (Å²) in [4.78, 5) is 22.4. The number of benzene rings is 1. The minimum absolute atomic E-state index is 0.130. The van der Waals surface area contributed by atoms with Crippen molar-refractivity contribution in [3.63, 3.8) is 0 Å². The number of carbonyl (C=O) groups is 2. The molecule has 0 aliphatic rings. The van der Waals surface area contributed by atoms with Gasteiger partial charge >= 0.3 is 5.97 Å². The van der Waals surface area contributed by atoms with E-state index in [-0.39, 0.29) is 18.6 Å². The zero-order chi connectivity index (χ0) is 13.7. The van der Waals surface area contributed by atoms with Gasteiger partial charge in [-0.1, -0.05) is 6.07 Å². The van der Waals surface area contributed by atoms with Crippen molar-refractivity contribution in [1.29, 1.82) is 0 Å². The van der Waals surface area contributed by atoms with Gasteiger partial charge in [0.15, 0.2) is 0 Å². The van der Waals surface area contributed by atoms with Crippen LogP contribution < -0.4 is 5.32 Å². The summed E-state index contributed by atoms with van der Waals surface area (Å²) in [6, 6.07) is 2.80.